The zero-order valence-corrected chi connectivity index (χ0v) is 11.2. The maximum atomic E-state index is 4.21. The van der Waals surface area contributed by atoms with Crippen LogP contribution in [0.1, 0.15) is 5.56 Å². The molecular weight excluding hydrogens is 294 g/mol. The molecule has 0 radical (unpaired) electrons. The fourth-order valence-corrected chi connectivity index (χ4v) is 1.96. The van der Waals surface area contributed by atoms with Crippen LogP contribution in [0.25, 0.3) is 11.2 Å². The Morgan fingerprint density at radius 1 is 1.22 bits per heavy atom. The molecule has 3 aromatic rings. The Balaban J connectivity index is 2.01. The van der Waals surface area contributed by atoms with Gasteiger partial charge >= 0.3 is 0 Å². The smallest absolute Gasteiger partial charge is 0.162 e. The van der Waals surface area contributed by atoms with Crippen LogP contribution in [0, 0.1) is 6.92 Å². The molecule has 0 saturated heterocycles. The Hall–Kier alpha value is -1.95. The molecule has 6 heteroatoms. The standard InChI is InChI=1S/C12H10BrN5/c1-7-4-8(2-3-9(7)13)18-12-10-11(15-5-14-10)16-6-17-12/h2-6H,1H3,(H2,14,15,16,17,18). The minimum Gasteiger partial charge on any atom is -0.338 e. The lowest BCUT2D eigenvalue weighted by atomic mass is 10.2. The first-order valence-corrected chi connectivity index (χ1v) is 6.20. The number of benzene rings is 1. The van der Waals surface area contributed by atoms with Crippen LogP contribution in [0.2, 0.25) is 0 Å². The maximum absolute atomic E-state index is 4.21. The van der Waals surface area contributed by atoms with Crippen molar-refractivity contribution in [2.75, 3.05) is 5.32 Å². The van der Waals surface area contributed by atoms with Crippen LogP contribution in [0.4, 0.5) is 11.5 Å². The summed E-state index contributed by atoms with van der Waals surface area (Å²) in [7, 11) is 0. The number of H-pyrrole nitrogens is 1. The molecule has 2 heterocycles. The minimum atomic E-state index is 0.697. The second kappa shape index (κ2) is 4.38. The number of aromatic amines is 1. The Morgan fingerprint density at radius 3 is 2.94 bits per heavy atom. The van der Waals surface area contributed by atoms with Gasteiger partial charge in [-0.1, -0.05) is 15.9 Å². The average molecular weight is 304 g/mol. The number of aromatic nitrogens is 4. The largest absolute Gasteiger partial charge is 0.338 e. The van der Waals surface area contributed by atoms with Gasteiger partial charge in [0.15, 0.2) is 17.0 Å². The normalized spacial score (nSPS) is 10.8. The van der Waals surface area contributed by atoms with E-state index in [1.54, 1.807) is 6.33 Å². The van der Waals surface area contributed by atoms with E-state index in [0.717, 1.165) is 26.9 Å². The van der Waals surface area contributed by atoms with Crippen molar-refractivity contribution in [2.45, 2.75) is 6.92 Å². The van der Waals surface area contributed by atoms with E-state index in [0.29, 0.717) is 5.82 Å². The number of anilines is 2. The van der Waals surface area contributed by atoms with Crippen molar-refractivity contribution >= 4 is 38.6 Å². The van der Waals surface area contributed by atoms with Crippen LogP contribution in [0.15, 0.2) is 35.3 Å². The zero-order valence-electron chi connectivity index (χ0n) is 9.61. The van der Waals surface area contributed by atoms with E-state index in [9.17, 15) is 0 Å². The minimum absolute atomic E-state index is 0.697. The molecule has 0 unspecified atom stereocenters. The Labute approximate surface area is 112 Å². The lowest BCUT2D eigenvalue weighted by Crippen LogP contribution is -1.96. The highest BCUT2D eigenvalue weighted by atomic mass is 79.9. The summed E-state index contributed by atoms with van der Waals surface area (Å²) in [5.41, 5.74) is 3.59. The number of fused-ring (bicyclic) bond motifs is 1. The number of nitrogens with one attached hydrogen (secondary N) is 2. The molecule has 5 nitrogen and oxygen atoms in total. The molecule has 3 rings (SSSR count). The second-order valence-electron chi connectivity index (χ2n) is 3.91. The van der Waals surface area contributed by atoms with Gasteiger partial charge in [0, 0.05) is 10.2 Å². The Kier molecular flexibility index (Phi) is 2.71. The van der Waals surface area contributed by atoms with Crippen molar-refractivity contribution in [2.24, 2.45) is 0 Å². The van der Waals surface area contributed by atoms with Gasteiger partial charge in [0.1, 0.15) is 6.33 Å². The number of rotatable bonds is 2. The maximum Gasteiger partial charge on any atom is 0.162 e. The van der Waals surface area contributed by atoms with E-state index in [1.807, 2.05) is 25.1 Å². The van der Waals surface area contributed by atoms with Crippen molar-refractivity contribution in [3.63, 3.8) is 0 Å². The summed E-state index contributed by atoms with van der Waals surface area (Å²) in [6, 6.07) is 6.03. The number of hydrogen-bond acceptors (Lipinski definition) is 4. The van der Waals surface area contributed by atoms with E-state index in [4.69, 9.17) is 0 Å². The van der Waals surface area contributed by atoms with Crippen LogP contribution < -0.4 is 5.32 Å². The van der Waals surface area contributed by atoms with Gasteiger partial charge in [-0.15, -0.1) is 0 Å². The lowest BCUT2D eigenvalue weighted by Gasteiger charge is -2.07. The van der Waals surface area contributed by atoms with Gasteiger partial charge in [-0.25, -0.2) is 15.0 Å². The first-order valence-electron chi connectivity index (χ1n) is 5.41. The molecule has 0 aliphatic heterocycles. The quantitative estimate of drug-likeness (QED) is 0.763. The highest BCUT2D eigenvalue weighted by Crippen LogP contribution is 2.24. The van der Waals surface area contributed by atoms with E-state index < -0.39 is 0 Å². The van der Waals surface area contributed by atoms with Gasteiger partial charge in [-0.3, -0.25) is 0 Å². The third-order valence-electron chi connectivity index (χ3n) is 2.64. The number of imidazole rings is 1. The van der Waals surface area contributed by atoms with Crippen molar-refractivity contribution in [3.8, 4) is 0 Å². The van der Waals surface area contributed by atoms with Crippen molar-refractivity contribution < 1.29 is 0 Å². The molecule has 0 bridgehead atoms. The molecule has 18 heavy (non-hydrogen) atoms. The van der Waals surface area contributed by atoms with Gasteiger partial charge < -0.3 is 10.3 Å². The average Bonchev–Trinajstić information content (AvgIpc) is 2.83. The SMILES string of the molecule is Cc1cc(Nc2ncnc3[nH]cnc23)ccc1Br. The Bertz CT molecular complexity index is 707. The summed E-state index contributed by atoms with van der Waals surface area (Å²) in [6.07, 6.45) is 3.12. The molecule has 0 amide bonds. The first kappa shape index (κ1) is 11.2. The predicted octanol–water partition coefficient (Wildman–Crippen LogP) is 3.17. The van der Waals surface area contributed by atoms with Crippen LogP contribution in [-0.2, 0) is 0 Å². The third-order valence-corrected chi connectivity index (χ3v) is 3.53. The molecule has 0 fully saturated rings. The molecule has 90 valence electrons. The van der Waals surface area contributed by atoms with E-state index in [2.05, 4.69) is 41.2 Å². The van der Waals surface area contributed by atoms with Crippen molar-refractivity contribution in [3.05, 3.63) is 40.9 Å². The number of hydrogen-bond donors (Lipinski definition) is 2. The van der Waals surface area contributed by atoms with Crippen LogP contribution in [0.5, 0.6) is 0 Å². The number of aryl methyl sites for hydroxylation is 1. The second-order valence-corrected chi connectivity index (χ2v) is 4.77. The molecular formula is C12H10BrN5. The summed E-state index contributed by atoms with van der Waals surface area (Å²) >= 11 is 3.48. The van der Waals surface area contributed by atoms with Crippen LogP contribution in [-0.4, -0.2) is 19.9 Å². The third kappa shape index (κ3) is 1.95. The zero-order chi connectivity index (χ0) is 12.5. The monoisotopic (exact) mass is 303 g/mol. The van der Waals surface area contributed by atoms with Crippen LogP contribution >= 0.6 is 15.9 Å². The summed E-state index contributed by atoms with van der Waals surface area (Å²) in [5.74, 6) is 0.697. The van der Waals surface area contributed by atoms with Gasteiger partial charge in [0.2, 0.25) is 0 Å². The van der Waals surface area contributed by atoms with E-state index in [-0.39, 0.29) is 0 Å². The lowest BCUT2D eigenvalue weighted by molar-refractivity contribution is 1.20. The predicted molar refractivity (Wildman–Crippen MR) is 73.8 cm³/mol. The van der Waals surface area contributed by atoms with E-state index in [1.165, 1.54) is 6.33 Å². The van der Waals surface area contributed by atoms with E-state index >= 15 is 0 Å². The van der Waals surface area contributed by atoms with Gasteiger partial charge in [0.25, 0.3) is 0 Å². The molecule has 0 spiro atoms. The highest BCUT2D eigenvalue weighted by molar-refractivity contribution is 9.10. The summed E-state index contributed by atoms with van der Waals surface area (Å²) in [5, 5.41) is 3.25. The fourth-order valence-electron chi connectivity index (χ4n) is 1.72. The Morgan fingerprint density at radius 2 is 2.11 bits per heavy atom. The molecule has 0 aliphatic rings. The molecule has 0 atom stereocenters. The topological polar surface area (TPSA) is 66.5 Å². The first-order chi connectivity index (χ1) is 8.74. The summed E-state index contributed by atoms with van der Waals surface area (Å²) in [6.45, 7) is 2.04. The van der Waals surface area contributed by atoms with Crippen molar-refractivity contribution in [1.82, 2.24) is 19.9 Å². The summed E-state index contributed by atoms with van der Waals surface area (Å²) in [4.78, 5) is 15.5. The molecule has 0 saturated carbocycles. The highest BCUT2D eigenvalue weighted by Gasteiger charge is 2.06. The summed E-state index contributed by atoms with van der Waals surface area (Å²) < 4.78 is 1.08. The number of nitrogens with zero attached hydrogens (tertiary/aromatic N) is 3. The van der Waals surface area contributed by atoms with Crippen molar-refractivity contribution in [1.29, 1.82) is 0 Å². The molecule has 1 aromatic carbocycles. The van der Waals surface area contributed by atoms with Gasteiger partial charge in [0.05, 0.1) is 6.33 Å². The fraction of sp³-hybridized carbons (Fsp3) is 0.0833. The number of halogens is 1. The molecule has 2 aromatic heterocycles. The molecule has 0 aliphatic carbocycles. The van der Waals surface area contributed by atoms with Gasteiger partial charge in [-0.05, 0) is 30.7 Å². The van der Waals surface area contributed by atoms with Crippen LogP contribution in [0.3, 0.4) is 0 Å². The van der Waals surface area contributed by atoms with Gasteiger partial charge in [-0.2, -0.15) is 0 Å². The molecule has 2 N–H and O–H groups in total.